The Morgan fingerprint density at radius 1 is 1.18 bits per heavy atom. The molecule has 0 atom stereocenters. The molecule has 0 aliphatic carbocycles. The normalized spacial score (nSPS) is 10.9. The summed E-state index contributed by atoms with van der Waals surface area (Å²) in [5, 5.41) is 9.33. The molecular formula is C12H8FN3O. The molecule has 0 aliphatic heterocycles. The zero-order valence-electron chi connectivity index (χ0n) is 8.68. The van der Waals surface area contributed by atoms with Gasteiger partial charge in [-0.05, 0) is 24.3 Å². The average molecular weight is 229 g/mol. The number of aromatic hydroxyl groups is 1. The first-order chi connectivity index (χ1) is 8.22. The van der Waals surface area contributed by atoms with Gasteiger partial charge in [0.25, 0.3) is 0 Å². The smallest absolute Gasteiger partial charge is 0.157 e. The third-order valence-electron chi connectivity index (χ3n) is 2.44. The number of halogens is 1. The van der Waals surface area contributed by atoms with Crippen molar-refractivity contribution in [1.82, 2.24) is 15.0 Å². The van der Waals surface area contributed by atoms with Gasteiger partial charge in [0.2, 0.25) is 0 Å². The molecule has 0 bridgehead atoms. The van der Waals surface area contributed by atoms with Crippen LogP contribution in [0.25, 0.3) is 22.6 Å². The summed E-state index contributed by atoms with van der Waals surface area (Å²) in [5.41, 5.74) is 2.00. The second-order valence-corrected chi connectivity index (χ2v) is 3.65. The van der Waals surface area contributed by atoms with Crippen molar-refractivity contribution in [3.05, 3.63) is 42.3 Å². The number of fused-ring (bicyclic) bond motifs is 1. The number of hydrogen-bond donors (Lipinski definition) is 2. The van der Waals surface area contributed by atoms with Crippen LogP contribution in [0.3, 0.4) is 0 Å². The summed E-state index contributed by atoms with van der Waals surface area (Å²) in [7, 11) is 0. The predicted octanol–water partition coefficient (Wildman–Crippen LogP) is 2.47. The van der Waals surface area contributed by atoms with E-state index in [2.05, 4.69) is 15.0 Å². The van der Waals surface area contributed by atoms with E-state index in [1.807, 2.05) is 0 Å². The molecule has 0 fully saturated rings. The van der Waals surface area contributed by atoms with Crippen LogP contribution in [0.4, 0.5) is 4.39 Å². The molecule has 5 heteroatoms. The maximum absolute atomic E-state index is 12.7. The van der Waals surface area contributed by atoms with Crippen molar-refractivity contribution >= 4 is 11.0 Å². The summed E-state index contributed by atoms with van der Waals surface area (Å²) in [6.45, 7) is 0. The highest BCUT2D eigenvalue weighted by molar-refractivity contribution is 5.80. The number of nitrogens with zero attached hydrogens (tertiary/aromatic N) is 2. The van der Waals surface area contributed by atoms with E-state index in [1.165, 1.54) is 6.07 Å². The molecule has 0 aliphatic rings. The fraction of sp³-hybridized carbons (Fsp3) is 0. The number of nitrogens with one attached hydrogen (secondary N) is 1. The van der Waals surface area contributed by atoms with Gasteiger partial charge in [-0.1, -0.05) is 0 Å². The fourth-order valence-electron chi connectivity index (χ4n) is 1.63. The van der Waals surface area contributed by atoms with Crippen LogP contribution in [0.5, 0.6) is 5.75 Å². The number of phenols is 1. The van der Waals surface area contributed by atoms with Gasteiger partial charge >= 0.3 is 0 Å². The molecule has 1 aromatic carbocycles. The van der Waals surface area contributed by atoms with Gasteiger partial charge in [-0.3, -0.25) is 0 Å². The number of rotatable bonds is 1. The molecule has 0 saturated carbocycles. The lowest BCUT2D eigenvalue weighted by molar-refractivity contribution is 0.476. The molecule has 4 nitrogen and oxygen atoms in total. The van der Waals surface area contributed by atoms with Gasteiger partial charge in [0.1, 0.15) is 17.3 Å². The fourth-order valence-corrected chi connectivity index (χ4v) is 1.63. The Hall–Kier alpha value is -2.43. The quantitative estimate of drug-likeness (QED) is 0.673. The standard InChI is InChI=1S/C12H8FN3O/c13-7-1-3-10(14-6-7)12-15-9-4-2-8(17)5-11(9)16-12/h1-6,17H,(H,15,16). The van der Waals surface area contributed by atoms with Gasteiger partial charge in [-0.2, -0.15) is 0 Å². The molecule has 84 valence electrons. The average Bonchev–Trinajstić information content (AvgIpc) is 2.72. The first kappa shape index (κ1) is 9.77. The highest BCUT2D eigenvalue weighted by Gasteiger charge is 2.06. The van der Waals surface area contributed by atoms with Crippen LogP contribution in [0, 0.1) is 5.82 Å². The number of phenolic OH excluding ortho intramolecular Hbond substituents is 1. The second-order valence-electron chi connectivity index (χ2n) is 3.65. The molecule has 0 amide bonds. The third kappa shape index (κ3) is 1.71. The number of aromatic amines is 1. The molecule has 2 aromatic heterocycles. The van der Waals surface area contributed by atoms with E-state index in [0.717, 1.165) is 11.7 Å². The lowest BCUT2D eigenvalue weighted by Crippen LogP contribution is -1.85. The molecule has 3 rings (SSSR count). The Morgan fingerprint density at radius 3 is 2.82 bits per heavy atom. The molecule has 0 saturated heterocycles. The molecule has 2 heterocycles. The Labute approximate surface area is 95.8 Å². The van der Waals surface area contributed by atoms with E-state index in [4.69, 9.17) is 0 Å². The van der Waals surface area contributed by atoms with Crippen molar-refractivity contribution in [3.63, 3.8) is 0 Å². The monoisotopic (exact) mass is 229 g/mol. The summed E-state index contributed by atoms with van der Waals surface area (Å²) < 4.78 is 12.7. The summed E-state index contributed by atoms with van der Waals surface area (Å²) in [6, 6.07) is 7.72. The maximum Gasteiger partial charge on any atom is 0.157 e. The first-order valence-electron chi connectivity index (χ1n) is 5.03. The molecular weight excluding hydrogens is 221 g/mol. The molecule has 0 spiro atoms. The number of imidazole rings is 1. The van der Waals surface area contributed by atoms with Crippen LogP contribution >= 0.6 is 0 Å². The highest BCUT2D eigenvalue weighted by Crippen LogP contribution is 2.21. The summed E-state index contributed by atoms with van der Waals surface area (Å²) in [4.78, 5) is 11.3. The first-order valence-corrected chi connectivity index (χ1v) is 5.03. The van der Waals surface area contributed by atoms with Crippen LogP contribution in [0.1, 0.15) is 0 Å². The van der Waals surface area contributed by atoms with Crippen molar-refractivity contribution in [2.45, 2.75) is 0 Å². The van der Waals surface area contributed by atoms with Crippen LogP contribution < -0.4 is 0 Å². The van der Waals surface area contributed by atoms with E-state index in [1.54, 1.807) is 24.3 Å². The van der Waals surface area contributed by atoms with Gasteiger partial charge in [0, 0.05) is 6.07 Å². The summed E-state index contributed by atoms with van der Waals surface area (Å²) in [6.07, 6.45) is 1.14. The van der Waals surface area contributed by atoms with E-state index in [0.29, 0.717) is 17.0 Å². The summed E-state index contributed by atoms with van der Waals surface area (Å²) in [5.74, 6) is 0.327. The molecule has 0 unspecified atom stereocenters. The van der Waals surface area contributed by atoms with Gasteiger partial charge in [0.15, 0.2) is 5.82 Å². The minimum absolute atomic E-state index is 0.166. The van der Waals surface area contributed by atoms with Crippen LogP contribution in [0.15, 0.2) is 36.5 Å². The van der Waals surface area contributed by atoms with Crippen molar-refractivity contribution in [2.75, 3.05) is 0 Å². The van der Waals surface area contributed by atoms with Crippen LogP contribution in [-0.4, -0.2) is 20.1 Å². The zero-order valence-corrected chi connectivity index (χ0v) is 8.68. The maximum atomic E-state index is 12.7. The van der Waals surface area contributed by atoms with Gasteiger partial charge in [-0.15, -0.1) is 0 Å². The predicted molar refractivity (Wildman–Crippen MR) is 60.9 cm³/mol. The number of benzene rings is 1. The number of H-pyrrole nitrogens is 1. The number of hydrogen-bond acceptors (Lipinski definition) is 3. The molecule has 3 aromatic rings. The lowest BCUT2D eigenvalue weighted by Gasteiger charge is -1.93. The van der Waals surface area contributed by atoms with Crippen LogP contribution in [-0.2, 0) is 0 Å². The van der Waals surface area contributed by atoms with Crippen molar-refractivity contribution in [1.29, 1.82) is 0 Å². The SMILES string of the molecule is Oc1ccc2nc(-c3ccc(F)cn3)[nH]c2c1. The molecule has 17 heavy (non-hydrogen) atoms. The topological polar surface area (TPSA) is 61.8 Å². The Bertz CT molecular complexity index is 676. The van der Waals surface area contributed by atoms with E-state index >= 15 is 0 Å². The van der Waals surface area contributed by atoms with E-state index < -0.39 is 0 Å². The van der Waals surface area contributed by atoms with Gasteiger partial charge < -0.3 is 10.1 Å². The van der Waals surface area contributed by atoms with Crippen molar-refractivity contribution < 1.29 is 9.50 Å². The van der Waals surface area contributed by atoms with E-state index in [-0.39, 0.29) is 11.6 Å². The Balaban J connectivity index is 2.14. The largest absolute Gasteiger partial charge is 0.508 e. The Morgan fingerprint density at radius 2 is 2.06 bits per heavy atom. The van der Waals surface area contributed by atoms with E-state index in [9.17, 15) is 9.50 Å². The number of aromatic nitrogens is 3. The Kier molecular flexibility index (Phi) is 2.04. The van der Waals surface area contributed by atoms with Gasteiger partial charge in [0.05, 0.1) is 17.2 Å². The minimum Gasteiger partial charge on any atom is -0.508 e. The van der Waals surface area contributed by atoms with Crippen molar-refractivity contribution in [3.8, 4) is 17.3 Å². The van der Waals surface area contributed by atoms with Crippen LogP contribution in [0.2, 0.25) is 0 Å². The molecule has 0 radical (unpaired) electrons. The van der Waals surface area contributed by atoms with Gasteiger partial charge in [-0.25, -0.2) is 14.4 Å². The van der Waals surface area contributed by atoms with Crippen molar-refractivity contribution in [2.24, 2.45) is 0 Å². The highest BCUT2D eigenvalue weighted by atomic mass is 19.1. The summed E-state index contributed by atoms with van der Waals surface area (Å²) >= 11 is 0. The minimum atomic E-state index is -0.387. The second kappa shape index (κ2) is 3.55. The molecule has 2 N–H and O–H groups in total. The lowest BCUT2D eigenvalue weighted by atomic mass is 10.3. The number of pyridine rings is 1. The zero-order chi connectivity index (χ0) is 11.8. The third-order valence-corrected chi connectivity index (χ3v) is 2.44.